The first-order chi connectivity index (χ1) is 16.9. The standard InChI is InChI=1S/C27H35N5O2S/c1-18-10-14-30(15-11-18)16-23-29-26-25(19(2)20(3)35-26)27(34)32(23)17-24(33)28-21-6-8-22(9-7-21)31-12-4-5-13-31/h6-9,18H,4-5,10-17H2,1-3H3,(H,28,33). The van der Waals surface area contributed by atoms with Crippen molar-refractivity contribution >= 4 is 38.8 Å². The summed E-state index contributed by atoms with van der Waals surface area (Å²) in [5.41, 5.74) is 2.78. The minimum Gasteiger partial charge on any atom is -0.372 e. The van der Waals surface area contributed by atoms with Crippen molar-refractivity contribution < 1.29 is 4.79 Å². The molecular formula is C27H35N5O2S. The third-order valence-electron chi connectivity index (χ3n) is 7.53. The second-order valence-electron chi connectivity index (χ2n) is 10.1. The lowest BCUT2D eigenvalue weighted by Crippen LogP contribution is -2.37. The Kier molecular flexibility index (Phi) is 6.93. The van der Waals surface area contributed by atoms with Gasteiger partial charge in [0.05, 0.1) is 11.9 Å². The zero-order valence-electron chi connectivity index (χ0n) is 21.0. The van der Waals surface area contributed by atoms with Crippen LogP contribution in [0.15, 0.2) is 29.1 Å². The average molecular weight is 494 g/mol. The molecule has 4 heterocycles. The van der Waals surface area contributed by atoms with E-state index in [0.717, 1.165) is 65.9 Å². The van der Waals surface area contributed by atoms with Crippen LogP contribution in [-0.4, -0.2) is 46.5 Å². The van der Waals surface area contributed by atoms with E-state index in [4.69, 9.17) is 4.98 Å². The van der Waals surface area contributed by atoms with E-state index in [9.17, 15) is 9.59 Å². The predicted molar refractivity (Wildman–Crippen MR) is 144 cm³/mol. The van der Waals surface area contributed by atoms with Crippen LogP contribution in [0.3, 0.4) is 0 Å². The van der Waals surface area contributed by atoms with Crippen molar-refractivity contribution in [2.45, 2.75) is 59.5 Å². The number of amides is 1. The molecule has 0 bridgehead atoms. The molecule has 7 nitrogen and oxygen atoms in total. The first-order valence-electron chi connectivity index (χ1n) is 12.8. The number of hydrogen-bond donors (Lipinski definition) is 1. The summed E-state index contributed by atoms with van der Waals surface area (Å²) in [6.45, 7) is 11.0. The molecule has 0 aliphatic carbocycles. The van der Waals surface area contributed by atoms with Gasteiger partial charge < -0.3 is 10.2 Å². The molecule has 5 rings (SSSR count). The zero-order valence-corrected chi connectivity index (χ0v) is 21.8. The van der Waals surface area contributed by atoms with Crippen molar-refractivity contribution in [3.05, 3.63) is 50.9 Å². The van der Waals surface area contributed by atoms with Crippen LogP contribution in [0.5, 0.6) is 0 Å². The second kappa shape index (κ2) is 10.1. The van der Waals surface area contributed by atoms with Crippen molar-refractivity contribution in [3.63, 3.8) is 0 Å². The van der Waals surface area contributed by atoms with E-state index in [1.54, 1.807) is 15.9 Å². The van der Waals surface area contributed by atoms with E-state index < -0.39 is 0 Å². The molecule has 0 atom stereocenters. The fourth-order valence-corrected chi connectivity index (χ4v) is 6.19. The number of carbonyl (C=O) groups excluding carboxylic acids is 1. The minimum absolute atomic E-state index is 0.0381. The summed E-state index contributed by atoms with van der Waals surface area (Å²) in [4.78, 5) is 38.1. The van der Waals surface area contributed by atoms with Crippen LogP contribution >= 0.6 is 11.3 Å². The molecule has 35 heavy (non-hydrogen) atoms. The number of likely N-dealkylation sites (tertiary alicyclic amines) is 1. The normalized spacial score (nSPS) is 17.4. The Morgan fingerprint density at radius 2 is 1.77 bits per heavy atom. The molecule has 0 unspecified atom stereocenters. The molecule has 2 aliphatic rings. The number of piperidine rings is 1. The van der Waals surface area contributed by atoms with E-state index in [2.05, 4.69) is 34.2 Å². The van der Waals surface area contributed by atoms with Gasteiger partial charge in [-0.15, -0.1) is 11.3 Å². The van der Waals surface area contributed by atoms with Gasteiger partial charge in [-0.25, -0.2) is 4.98 Å². The van der Waals surface area contributed by atoms with Gasteiger partial charge in [0.1, 0.15) is 17.2 Å². The first-order valence-corrected chi connectivity index (χ1v) is 13.6. The molecule has 3 aromatic rings. The lowest BCUT2D eigenvalue weighted by molar-refractivity contribution is -0.116. The average Bonchev–Trinajstić information content (AvgIpc) is 3.47. The largest absolute Gasteiger partial charge is 0.372 e. The number of benzene rings is 1. The zero-order chi connectivity index (χ0) is 24.5. The monoisotopic (exact) mass is 493 g/mol. The highest BCUT2D eigenvalue weighted by Crippen LogP contribution is 2.27. The lowest BCUT2D eigenvalue weighted by atomic mass is 9.99. The van der Waals surface area contributed by atoms with Gasteiger partial charge in [-0.2, -0.15) is 0 Å². The summed E-state index contributed by atoms with van der Waals surface area (Å²) in [5.74, 6) is 1.20. The third-order valence-corrected chi connectivity index (χ3v) is 8.63. The minimum atomic E-state index is -0.208. The summed E-state index contributed by atoms with van der Waals surface area (Å²) in [6, 6.07) is 8.00. The van der Waals surface area contributed by atoms with E-state index >= 15 is 0 Å². The summed E-state index contributed by atoms with van der Waals surface area (Å²) in [5, 5.41) is 3.63. The molecule has 1 amide bonds. The van der Waals surface area contributed by atoms with Crippen molar-refractivity contribution in [3.8, 4) is 0 Å². The van der Waals surface area contributed by atoms with Crippen molar-refractivity contribution in [1.29, 1.82) is 0 Å². The fraction of sp³-hybridized carbons (Fsp3) is 0.519. The predicted octanol–water partition coefficient (Wildman–Crippen LogP) is 4.55. The van der Waals surface area contributed by atoms with Gasteiger partial charge in [0, 0.05) is 29.3 Å². The fourth-order valence-electron chi connectivity index (χ4n) is 5.15. The van der Waals surface area contributed by atoms with Gasteiger partial charge in [0.15, 0.2) is 0 Å². The number of rotatable bonds is 6. The summed E-state index contributed by atoms with van der Waals surface area (Å²) in [6.07, 6.45) is 4.76. The molecule has 0 saturated carbocycles. The van der Waals surface area contributed by atoms with Gasteiger partial charge >= 0.3 is 0 Å². The van der Waals surface area contributed by atoms with Gasteiger partial charge in [-0.3, -0.25) is 19.1 Å². The number of aromatic nitrogens is 2. The molecule has 2 aliphatic heterocycles. The highest BCUT2D eigenvalue weighted by Gasteiger charge is 2.22. The van der Waals surface area contributed by atoms with Crippen molar-refractivity contribution in [2.24, 2.45) is 5.92 Å². The highest BCUT2D eigenvalue weighted by atomic mass is 32.1. The van der Waals surface area contributed by atoms with Gasteiger partial charge in [0.25, 0.3) is 5.56 Å². The van der Waals surface area contributed by atoms with E-state index in [1.165, 1.54) is 18.5 Å². The van der Waals surface area contributed by atoms with Crippen LogP contribution in [0, 0.1) is 19.8 Å². The van der Waals surface area contributed by atoms with Crippen LogP contribution in [0.2, 0.25) is 0 Å². The number of fused-ring (bicyclic) bond motifs is 1. The second-order valence-corrected chi connectivity index (χ2v) is 11.3. The Labute approximate surface area is 210 Å². The maximum atomic E-state index is 13.6. The number of carbonyl (C=O) groups is 1. The number of aryl methyl sites for hydroxylation is 2. The quantitative estimate of drug-likeness (QED) is 0.546. The smallest absolute Gasteiger partial charge is 0.263 e. The Morgan fingerprint density at radius 3 is 2.46 bits per heavy atom. The van der Waals surface area contributed by atoms with Gasteiger partial charge in [-0.05, 0) is 88.4 Å². The van der Waals surface area contributed by atoms with Gasteiger partial charge in [-0.1, -0.05) is 6.92 Å². The van der Waals surface area contributed by atoms with Crippen molar-refractivity contribution in [2.75, 3.05) is 36.4 Å². The van der Waals surface area contributed by atoms with Crippen LogP contribution in [0.1, 0.15) is 48.9 Å². The maximum Gasteiger partial charge on any atom is 0.263 e. The first kappa shape index (κ1) is 24.0. The van der Waals surface area contributed by atoms with E-state index in [1.807, 2.05) is 26.0 Å². The Hall–Kier alpha value is -2.71. The van der Waals surface area contributed by atoms with Crippen molar-refractivity contribution in [1.82, 2.24) is 14.5 Å². The summed E-state index contributed by atoms with van der Waals surface area (Å²) >= 11 is 1.56. The molecule has 2 aromatic heterocycles. The number of hydrogen-bond acceptors (Lipinski definition) is 6. The molecule has 2 fully saturated rings. The molecule has 1 N–H and O–H groups in total. The summed E-state index contributed by atoms with van der Waals surface area (Å²) in [7, 11) is 0. The molecule has 8 heteroatoms. The topological polar surface area (TPSA) is 70.5 Å². The van der Waals surface area contributed by atoms with Crippen LogP contribution in [0.25, 0.3) is 10.2 Å². The molecule has 2 saturated heterocycles. The number of anilines is 2. The SMILES string of the molecule is Cc1sc2nc(CN3CCC(C)CC3)n(CC(=O)Nc3ccc(N4CCCC4)cc3)c(=O)c2c1C. The Morgan fingerprint density at radius 1 is 1.09 bits per heavy atom. The molecule has 0 radical (unpaired) electrons. The molecule has 0 spiro atoms. The molecule has 1 aromatic carbocycles. The van der Waals surface area contributed by atoms with Crippen LogP contribution in [-0.2, 0) is 17.9 Å². The number of nitrogens with zero attached hydrogens (tertiary/aromatic N) is 4. The number of thiophene rings is 1. The third kappa shape index (κ3) is 5.14. The molecular weight excluding hydrogens is 458 g/mol. The number of nitrogens with one attached hydrogen (secondary N) is 1. The summed E-state index contributed by atoms with van der Waals surface area (Å²) < 4.78 is 1.59. The van der Waals surface area contributed by atoms with E-state index in [0.29, 0.717) is 17.8 Å². The Bertz CT molecular complexity index is 1270. The van der Waals surface area contributed by atoms with E-state index in [-0.39, 0.29) is 18.0 Å². The van der Waals surface area contributed by atoms with Gasteiger partial charge in [0.2, 0.25) is 5.91 Å². The highest BCUT2D eigenvalue weighted by molar-refractivity contribution is 7.18. The Balaban J connectivity index is 1.38. The van der Waals surface area contributed by atoms with Crippen LogP contribution < -0.4 is 15.8 Å². The molecule has 186 valence electrons. The van der Waals surface area contributed by atoms with Crippen LogP contribution in [0.4, 0.5) is 11.4 Å². The lowest BCUT2D eigenvalue weighted by Gasteiger charge is -2.30. The maximum absolute atomic E-state index is 13.6.